The molecule has 1 aromatic carbocycles. The smallest absolute Gasteiger partial charge is 0.00533 e. The van der Waals surface area contributed by atoms with Crippen LogP contribution in [-0.2, 0) is 6.42 Å². The van der Waals surface area contributed by atoms with Gasteiger partial charge in [-0.15, -0.1) is 0 Å². The summed E-state index contributed by atoms with van der Waals surface area (Å²) in [7, 11) is 4.11. The van der Waals surface area contributed by atoms with E-state index in [-0.39, 0.29) is 0 Å². The second-order valence-corrected chi connectivity index (χ2v) is 3.99. The van der Waals surface area contributed by atoms with Crippen molar-refractivity contribution in [3.05, 3.63) is 35.9 Å². The number of hydrogen-bond acceptors (Lipinski definition) is 1. The van der Waals surface area contributed by atoms with Crippen LogP contribution in [-0.4, -0.2) is 25.5 Å². The van der Waals surface area contributed by atoms with Crippen LogP contribution in [0.1, 0.15) is 32.3 Å². The lowest BCUT2D eigenvalue weighted by molar-refractivity contribution is 0.434. The van der Waals surface area contributed by atoms with Crippen LogP contribution in [0.4, 0.5) is 0 Å². The number of hydrogen-bond donors (Lipinski definition) is 0. The fourth-order valence-corrected chi connectivity index (χ4v) is 1.03. The Labute approximate surface area is 95.1 Å². The first kappa shape index (κ1) is 14.2. The molecule has 0 saturated heterocycles. The van der Waals surface area contributed by atoms with Gasteiger partial charge in [-0.3, -0.25) is 0 Å². The molecule has 0 aliphatic heterocycles. The molecule has 0 spiro atoms. The average Bonchev–Trinajstić information content (AvgIpc) is 2.28. The van der Waals surface area contributed by atoms with Crippen LogP contribution in [0.3, 0.4) is 0 Å². The summed E-state index contributed by atoms with van der Waals surface area (Å²) in [5.74, 6) is 0. The minimum absolute atomic E-state index is 1.14. The molecule has 1 nitrogen and oxygen atoms in total. The van der Waals surface area contributed by atoms with Gasteiger partial charge in [0.05, 0.1) is 0 Å². The van der Waals surface area contributed by atoms with Crippen LogP contribution in [0, 0.1) is 0 Å². The standard InChI is InChI=1S/C10H14.C4H11N/c1-2-3-7-10-8-5-4-6-9-10;1-4-5(2)3/h4-6,8-9H,2-3,7H2,1H3;4H2,1-3H3. The lowest BCUT2D eigenvalue weighted by Gasteiger charge is -2.00. The maximum Gasteiger partial charge on any atom is -0.00533 e. The summed E-state index contributed by atoms with van der Waals surface area (Å²) in [6, 6.07) is 10.6. The van der Waals surface area contributed by atoms with Crippen LogP contribution < -0.4 is 0 Å². The predicted octanol–water partition coefficient (Wildman–Crippen LogP) is 3.60. The fraction of sp³-hybridized carbons (Fsp3) is 0.571. The summed E-state index contributed by atoms with van der Waals surface area (Å²) in [4.78, 5) is 2.12. The summed E-state index contributed by atoms with van der Waals surface area (Å²) >= 11 is 0. The van der Waals surface area contributed by atoms with Crippen LogP contribution in [0.25, 0.3) is 0 Å². The first-order valence-corrected chi connectivity index (χ1v) is 5.89. The van der Waals surface area contributed by atoms with Gasteiger partial charge >= 0.3 is 0 Å². The summed E-state index contributed by atoms with van der Waals surface area (Å²) in [6.45, 7) is 5.49. The molecule has 1 aromatic rings. The highest BCUT2D eigenvalue weighted by Crippen LogP contribution is 2.03. The molecule has 0 aliphatic carbocycles. The maximum atomic E-state index is 2.23. The Hall–Kier alpha value is -0.820. The second-order valence-electron chi connectivity index (χ2n) is 3.99. The van der Waals surface area contributed by atoms with E-state index in [4.69, 9.17) is 0 Å². The molecule has 0 aromatic heterocycles. The third-order valence-corrected chi connectivity index (χ3v) is 2.29. The Morgan fingerprint density at radius 3 is 1.93 bits per heavy atom. The number of nitrogens with zero attached hydrogens (tertiary/aromatic N) is 1. The molecule has 15 heavy (non-hydrogen) atoms. The topological polar surface area (TPSA) is 3.24 Å². The van der Waals surface area contributed by atoms with E-state index in [0.717, 1.165) is 6.54 Å². The fourth-order valence-electron chi connectivity index (χ4n) is 1.03. The van der Waals surface area contributed by atoms with E-state index < -0.39 is 0 Å². The largest absolute Gasteiger partial charge is 0.310 e. The third kappa shape index (κ3) is 9.48. The summed E-state index contributed by atoms with van der Waals surface area (Å²) in [6.07, 6.45) is 3.83. The summed E-state index contributed by atoms with van der Waals surface area (Å²) in [5.41, 5.74) is 1.46. The van der Waals surface area contributed by atoms with Crippen molar-refractivity contribution in [2.75, 3.05) is 20.6 Å². The SMILES string of the molecule is CCCCc1ccccc1.CCN(C)C. The van der Waals surface area contributed by atoms with Gasteiger partial charge < -0.3 is 4.90 Å². The number of unbranched alkanes of at least 4 members (excludes halogenated alkanes) is 1. The van der Waals surface area contributed by atoms with Crippen molar-refractivity contribution in [1.82, 2.24) is 4.90 Å². The first-order chi connectivity index (χ1) is 7.20. The molecular formula is C14H25N. The molecule has 1 heteroatoms. The van der Waals surface area contributed by atoms with Crippen LogP contribution in [0.5, 0.6) is 0 Å². The molecular weight excluding hydrogens is 182 g/mol. The van der Waals surface area contributed by atoms with Gasteiger partial charge in [0.15, 0.2) is 0 Å². The highest BCUT2D eigenvalue weighted by Gasteiger charge is 1.87. The van der Waals surface area contributed by atoms with Crippen molar-refractivity contribution in [1.29, 1.82) is 0 Å². The summed E-state index contributed by atoms with van der Waals surface area (Å²) in [5, 5.41) is 0. The zero-order valence-electron chi connectivity index (χ0n) is 10.7. The van der Waals surface area contributed by atoms with Crippen molar-refractivity contribution in [2.24, 2.45) is 0 Å². The monoisotopic (exact) mass is 207 g/mol. The molecule has 0 aliphatic rings. The number of aryl methyl sites for hydroxylation is 1. The predicted molar refractivity (Wildman–Crippen MR) is 69.3 cm³/mol. The van der Waals surface area contributed by atoms with Gasteiger partial charge in [0, 0.05) is 0 Å². The molecule has 0 heterocycles. The van der Waals surface area contributed by atoms with E-state index in [2.05, 4.69) is 63.2 Å². The highest BCUT2D eigenvalue weighted by atomic mass is 15.0. The highest BCUT2D eigenvalue weighted by molar-refractivity contribution is 5.14. The van der Waals surface area contributed by atoms with Crippen LogP contribution in [0.15, 0.2) is 30.3 Å². The van der Waals surface area contributed by atoms with Gasteiger partial charge in [-0.2, -0.15) is 0 Å². The van der Waals surface area contributed by atoms with Crippen LogP contribution >= 0.6 is 0 Å². The average molecular weight is 207 g/mol. The van der Waals surface area contributed by atoms with E-state index in [9.17, 15) is 0 Å². The third-order valence-electron chi connectivity index (χ3n) is 2.29. The minimum Gasteiger partial charge on any atom is -0.310 e. The van der Waals surface area contributed by atoms with Crippen molar-refractivity contribution in [2.45, 2.75) is 33.1 Å². The van der Waals surface area contributed by atoms with Gasteiger partial charge in [-0.05, 0) is 39.0 Å². The van der Waals surface area contributed by atoms with E-state index in [1.54, 1.807) is 0 Å². The Morgan fingerprint density at radius 1 is 1.00 bits per heavy atom. The van der Waals surface area contributed by atoms with E-state index in [0.29, 0.717) is 0 Å². The molecule has 0 N–H and O–H groups in total. The van der Waals surface area contributed by atoms with Crippen LogP contribution in [0.2, 0.25) is 0 Å². The molecule has 0 unspecified atom stereocenters. The first-order valence-electron chi connectivity index (χ1n) is 5.89. The second kappa shape index (κ2) is 9.72. The van der Waals surface area contributed by atoms with Crippen molar-refractivity contribution < 1.29 is 0 Å². The van der Waals surface area contributed by atoms with Gasteiger partial charge in [0.2, 0.25) is 0 Å². The lowest BCUT2D eigenvalue weighted by atomic mass is 10.1. The van der Waals surface area contributed by atoms with Gasteiger partial charge in [0.1, 0.15) is 0 Å². The molecule has 0 amide bonds. The molecule has 0 atom stereocenters. The molecule has 0 fully saturated rings. The Bertz CT molecular complexity index is 216. The van der Waals surface area contributed by atoms with Gasteiger partial charge in [-0.1, -0.05) is 50.6 Å². The van der Waals surface area contributed by atoms with Gasteiger partial charge in [0.25, 0.3) is 0 Å². The zero-order valence-corrected chi connectivity index (χ0v) is 10.7. The lowest BCUT2D eigenvalue weighted by Crippen LogP contribution is -2.08. The maximum absolute atomic E-state index is 2.23. The number of rotatable bonds is 4. The van der Waals surface area contributed by atoms with Crippen molar-refractivity contribution >= 4 is 0 Å². The van der Waals surface area contributed by atoms with E-state index >= 15 is 0 Å². The van der Waals surface area contributed by atoms with Crippen molar-refractivity contribution in [3.63, 3.8) is 0 Å². The molecule has 86 valence electrons. The summed E-state index contributed by atoms with van der Waals surface area (Å²) < 4.78 is 0. The van der Waals surface area contributed by atoms with E-state index in [1.165, 1.54) is 24.8 Å². The number of benzene rings is 1. The molecule has 0 saturated carbocycles. The Morgan fingerprint density at radius 2 is 1.53 bits per heavy atom. The molecule has 0 radical (unpaired) electrons. The van der Waals surface area contributed by atoms with Gasteiger partial charge in [-0.25, -0.2) is 0 Å². The molecule has 1 rings (SSSR count). The van der Waals surface area contributed by atoms with E-state index in [1.807, 2.05) is 0 Å². The Balaban J connectivity index is 0.000000336. The zero-order chi connectivity index (χ0) is 11.5. The normalized spacial score (nSPS) is 9.67. The van der Waals surface area contributed by atoms with Crippen molar-refractivity contribution in [3.8, 4) is 0 Å². The Kier molecular flexibility index (Phi) is 9.19. The minimum atomic E-state index is 1.14. The quantitative estimate of drug-likeness (QED) is 0.729. The molecule has 0 bridgehead atoms.